The fourth-order valence-corrected chi connectivity index (χ4v) is 2.57. The zero-order valence-corrected chi connectivity index (χ0v) is 14.1. The SMILES string of the molecule is CCCCCOc1ccc(CN2CCOCC2)cc1Cl.[Cl-].[H+]. The number of ether oxygens (including phenoxy) is 2. The summed E-state index contributed by atoms with van der Waals surface area (Å²) in [7, 11) is 0. The Kier molecular flexibility index (Phi) is 9.09. The van der Waals surface area contributed by atoms with Crippen LogP contribution < -0.4 is 17.1 Å². The fraction of sp³-hybridized carbons (Fsp3) is 0.625. The highest BCUT2D eigenvalue weighted by Crippen LogP contribution is 2.26. The molecular formula is C16H25Cl2NO2. The number of nitrogens with zero attached hydrogens (tertiary/aromatic N) is 1. The number of hydrogen-bond acceptors (Lipinski definition) is 3. The molecule has 0 bridgehead atoms. The Morgan fingerprint density at radius 1 is 1.29 bits per heavy atom. The van der Waals surface area contributed by atoms with E-state index in [1.807, 2.05) is 12.1 Å². The monoisotopic (exact) mass is 333 g/mol. The van der Waals surface area contributed by atoms with Crippen LogP contribution in [0.2, 0.25) is 5.02 Å². The molecule has 0 aromatic heterocycles. The maximum Gasteiger partial charge on any atom is 1.00 e. The number of halogens is 2. The van der Waals surface area contributed by atoms with Crippen molar-refractivity contribution >= 4 is 11.6 Å². The molecule has 2 rings (SSSR count). The second-order valence-corrected chi connectivity index (χ2v) is 5.62. The standard InChI is InChI=1S/C16H24ClNO2.ClH/c1-2-3-4-9-20-16-6-5-14(12-15(16)17)13-18-7-10-19-11-8-18;/h5-6,12H,2-4,7-11,13H2,1H3;1H. The van der Waals surface area contributed by atoms with Crippen molar-refractivity contribution in [3.8, 4) is 5.75 Å². The van der Waals surface area contributed by atoms with Crippen molar-refractivity contribution in [3.05, 3.63) is 28.8 Å². The lowest BCUT2D eigenvalue weighted by molar-refractivity contribution is -0.00000662. The third-order valence-electron chi connectivity index (χ3n) is 3.51. The molecule has 1 heterocycles. The molecule has 1 fully saturated rings. The normalized spacial score (nSPS) is 15.5. The molecule has 1 aliphatic rings. The average molecular weight is 334 g/mol. The molecule has 120 valence electrons. The molecular weight excluding hydrogens is 309 g/mol. The van der Waals surface area contributed by atoms with Gasteiger partial charge in [-0.1, -0.05) is 37.4 Å². The van der Waals surface area contributed by atoms with Crippen LogP contribution in [0.1, 0.15) is 33.2 Å². The van der Waals surface area contributed by atoms with Gasteiger partial charge in [0, 0.05) is 19.6 Å². The van der Waals surface area contributed by atoms with Crippen LogP contribution in [0.5, 0.6) is 5.75 Å². The second kappa shape index (κ2) is 10.3. The maximum absolute atomic E-state index is 6.29. The number of hydrogen-bond donors (Lipinski definition) is 0. The summed E-state index contributed by atoms with van der Waals surface area (Å²) in [6.07, 6.45) is 3.49. The van der Waals surface area contributed by atoms with E-state index in [-0.39, 0.29) is 13.8 Å². The average Bonchev–Trinajstić information content (AvgIpc) is 2.46. The Morgan fingerprint density at radius 3 is 2.71 bits per heavy atom. The van der Waals surface area contributed by atoms with Crippen molar-refractivity contribution in [2.45, 2.75) is 32.7 Å². The summed E-state index contributed by atoms with van der Waals surface area (Å²) < 4.78 is 11.1. The Balaban J connectivity index is 0.00000220. The van der Waals surface area contributed by atoms with Gasteiger partial charge in [-0.2, -0.15) is 0 Å². The number of morpholine rings is 1. The van der Waals surface area contributed by atoms with Gasteiger partial charge in [0.05, 0.1) is 24.8 Å². The summed E-state index contributed by atoms with van der Waals surface area (Å²) in [6, 6.07) is 6.12. The summed E-state index contributed by atoms with van der Waals surface area (Å²) in [4.78, 5) is 2.39. The topological polar surface area (TPSA) is 21.7 Å². The molecule has 1 aromatic carbocycles. The zero-order valence-electron chi connectivity index (χ0n) is 13.6. The minimum absolute atomic E-state index is 0. The van der Waals surface area contributed by atoms with Gasteiger partial charge in [0.25, 0.3) is 0 Å². The molecule has 0 aliphatic carbocycles. The first kappa shape index (κ1) is 18.6. The van der Waals surface area contributed by atoms with E-state index >= 15 is 0 Å². The van der Waals surface area contributed by atoms with E-state index in [1.54, 1.807) is 0 Å². The van der Waals surface area contributed by atoms with Gasteiger partial charge >= 0.3 is 1.43 Å². The molecule has 5 heteroatoms. The van der Waals surface area contributed by atoms with Gasteiger partial charge in [0.15, 0.2) is 0 Å². The Labute approximate surface area is 140 Å². The van der Waals surface area contributed by atoms with E-state index in [1.165, 1.54) is 18.4 Å². The summed E-state index contributed by atoms with van der Waals surface area (Å²) in [5, 5.41) is 0.715. The first-order valence-corrected chi connectivity index (χ1v) is 7.88. The fourth-order valence-electron chi connectivity index (χ4n) is 2.31. The number of rotatable bonds is 7. The second-order valence-electron chi connectivity index (χ2n) is 5.21. The molecule has 0 amide bonds. The highest BCUT2D eigenvalue weighted by molar-refractivity contribution is 6.32. The third kappa shape index (κ3) is 6.43. The summed E-state index contributed by atoms with van der Waals surface area (Å²) in [6.45, 7) is 7.50. The van der Waals surface area contributed by atoms with E-state index in [2.05, 4.69) is 17.9 Å². The molecule has 0 atom stereocenters. The van der Waals surface area contributed by atoms with Crippen molar-refractivity contribution in [1.29, 1.82) is 0 Å². The van der Waals surface area contributed by atoms with Crippen molar-refractivity contribution in [2.24, 2.45) is 0 Å². The molecule has 1 aromatic rings. The molecule has 0 radical (unpaired) electrons. The Morgan fingerprint density at radius 2 is 2.05 bits per heavy atom. The van der Waals surface area contributed by atoms with Crippen molar-refractivity contribution in [2.75, 3.05) is 32.9 Å². The van der Waals surface area contributed by atoms with Crippen LogP contribution >= 0.6 is 11.6 Å². The van der Waals surface area contributed by atoms with E-state index < -0.39 is 0 Å². The van der Waals surface area contributed by atoms with Crippen LogP contribution in [0.25, 0.3) is 0 Å². The highest BCUT2D eigenvalue weighted by Gasteiger charge is 2.11. The summed E-state index contributed by atoms with van der Waals surface area (Å²) >= 11 is 6.29. The maximum atomic E-state index is 6.29. The predicted octanol–water partition coefficient (Wildman–Crippen LogP) is 0.858. The van der Waals surface area contributed by atoms with Gasteiger partial charge in [0.1, 0.15) is 5.75 Å². The summed E-state index contributed by atoms with van der Waals surface area (Å²) in [5.41, 5.74) is 1.23. The van der Waals surface area contributed by atoms with Gasteiger partial charge in [-0.3, -0.25) is 4.90 Å². The van der Waals surface area contributed by atoms with Gasteiger partial charge in [0.2, 0.25) is 0 Å². The first-order chi connectivity index (χ1) is 9.79. The van der Waals surface area contributed by atoms with Gasteiger partial charge in [-0.05, 0) is 24.1 Å². The van der Waals surface area contributed by atoms with Crippen molar-refractivity contribution in [3.63, 3.8) is 0 Å². The van der Waals surface area contributed by atoms with E-state index in [0.717, 1.165) is 51.6 Å². The van der Waals surface area contributed by atoms with Gasteiger partial charge in [-0.15, -0.1) is 0 Å². The van der Waals surface area contributed by atoms with Crippen LogP contribution in [0.15, 0.2) is 18.2 Å². The Bertz CT molecular complexity index is 415. The lowest BCUT2D eigenvalue weighted by atomic mass is 10.2. The van der Waals surface area contributed by atoms with Crippen molar-refractivity contribution in [1.82, 2.24) is 4.90 Å². The minimum Gasteiger partial charge on any atom is -1.00 e. The number of benzene rings is 1. The van der Waals surface area contributed by atoms with Crippen LogP contribution in [0.4, 0.5) is 0 Å². The van der Waals surface area contributed by atoms with E-state index in [0.29, 0.717) is 5.02 Å². The molecule has 0 saturated carbocycles. The largest absolute Gasteiger partial charge is 1.00 e. The first-order valence-electron chi connectivity index (χ1n) is 7.51. The van der Waals surface area contributed by atoms with Crippen molar-refractivity contribution < 1.29 is 23.3 Å². The molecule has 0 unspecified atom stereocenters. The van der Waals surface area contributed by atoms with Crippen LogP contribution in [-0.4, -0.2) is 37.8 Å². The third-order valence-corrected chi connectivity index (χ3v) is 3.81. The molecule has 3 nitrogen and oxygen atoms in total. The van der Waals surface area contributed by atoms with E-state index in [9.17, 15) is 0 Å². The van der Waals surface area contributed by atoms with Gasteiger partial charge < -0.3 is 21.9 Å². The molecule has 21 heavy (non-hydrogen) atoms. The van der Waals surface area contributed by atoms with Crippen LogP contribution in [0, 0.1) is 0 Å². The van der Waals surface area contributed by atoms with E-state index in [4.69, 9.17) is 21.1 Å². The van der Waals surface area contributed by atoms with Gasteiger partial charge in [-0.25, -0.2) is 0 Å². The molecule has 1 saturated heterocycles. The summed E-state index contributed by atoms with van der Waals surface area (Å²) in [5.74, 6) is 0.800. The predicted molar refractivity (Wildman–Crippen MR) is 83.7 cm³/mol. The zero-order chi connectivity index (χ0) is 14.2. The van der Waals surface area contributed by atoms with Crippen LogP contribution in [-0.2, 0) is 11.3 Å². The number of unbranched alkanes of at least 4 members (excludes halogenated alkanes) is 2. The Hall–Kier alpha value is -0.480. The lowest BCUT2D eigenvalue weighted by Gasteiger charge is -2.26. The smallest absolute Gasteiger partial charge is 1.00 e. The molecule has 0 N–H and O–H groups in total. The minimum atomic E-state index is 0. The highest BCUT2D eigenvalue weighted by atomic mass is 35.5. The quantitative estimate of drug-likeness (QED) is 0.691. The molecule has 1 aliphatic heterocycles. The van der Waals surface area contributed by atoms with Crippen LogP contribution in [0.3, 0.4) is 0 Å². The lowest BCUT2D eigenvalue weighted by Crippen LogP contribution is -3.00. The molecule has 0 spiro atoms.